The molecule has 18 nitrogen and oxygen atoms in total. The van der Waals surface area contributed by atoms with Crippen LogP contribution in [0.2, 0.25) is 0 Å². The van der Waals surface area contributed by atoms with Crippen LogP contribution in [0.25, 0.3) is 0 Å². The van der Waals surface area contributed by atoms with Gasteiger partial charge in [0.05, 0.1) is 33.5 Å². The van der Waals surface area contributed by atoms with Crippen molar-refractivity contribution in [2.24, 2.45) is 11.7 Å². The van der Waals surface area contributed by atoms with Crippen molar-refractivity contribution in [1.29, 1.82) is 0 Å². The van der Waals surface area contributed by atoms with Gasteiger partial charge in [-0.05, 0) is 31.7 Å². The van der Waals surface area contributed by atoms with Crippen LogP contribution in [-0.2, 0) is 33.3 Å². The first-order valence-corrected chi connectivity index (χ1v) is 14.3. The van der Waals surface area contributed by atoms with Crippen LogP contribution in [0.3, 0.4) is 0 Å². The van der Waals surface area contributed by atoms with Crippen molar-refractivity contribution in [1.82, 2.24) is 31.0 Å². The number of rotatable bonds is 21. The third-order valence-electron chi connectivity index (χ3n) is 6.18. The molecule has 18 heteroatoms. The smallest absolute Gasteiger partial charge is 0.356 e. The lowest BCUT2D eigenvalue weighted by molar-refractivity contribution is -0.128. The van der Waals surface area contributed by atoms with Gasteiger partial charge in [0.15, 0.2) is 11.6 Å². The number of hydrogen-bond donors (Lipinski definition) is 7. The zero-order valence-electron chi connectivity index (χ0n) is 25.9. The Morgan fingerprint density at radius 3 is 2.16 bits per heavy atom. The van der Waals surface area contributed by atoms with Gasteiger partial charge in [-0.1, -0.05) is 13.8 Å². The molecular formula is C27H43N9O9. The van der Waals surface area contributed by atoms with Gasteiger partial charge < -0.3 is 45.9 Å². The number of esters is 1. The van der Waals surface area contributed by atoms with E-state index in [4.69, 9.17) is 19.9 Å². The summed E-state index contributed by atoms with van der Waals surface area (Å²) in [6.45, 7) is 5.00. The molecule has 0 unspecified atom stereocenters. The molecule has 250 valence electrons. The Labute approximate surface area is 260 Å². The second kappa shape index (κ2) is 19.8. The Bertz CT molecular complexity index is 1250. The lowest BCUT2D eigenvalue weighted by atomic mass is 10.0. The number of H-pyrrole nitrogens is 2. The predicted molar refractivity (Wildman–Crippen MR) is 160 cm³/mol. The van der Waals surface area contributed by atoms with Crippen molar-refractivity contribution >= 4 is 41.2 Å². The highest BCUT2D eigenvalue weighted by Crippen LogP contribution is 2.12. The van der Waals surface area contributed by atoms with Crippen molar-refractivity contribution < 1.29 is 42.9 Å². The molecule has 0 fully saturated rings. The maximum absolute atomic E-state index is 13.3. The standard InChI is InChI=1S/C27H43N9O9/c1-16(2)23(26(40)31-21-14-19(34-36-21)27(41)43-4)32-24(38)17(7-5-6-8-28)29-25(39)18-13-20(35-33-18)30-22(37)15-45-12-11-44-10-9-42-3/h13-14,16-17,23H,5-12,15,28H2,1-4H3,(H,29,39)(H,32,38)(H2,30,33,35,37)(H2,31,34,36,40)/t17-,23-/m0/s1. The molecule has 45 heavy (non-hydrogen) atoms. The molecule has 0 spiro atoms. The quantitative estimate of drug-likeness (QED) is 0.0678. The molecule has 0 aliphatic rings. The van der Waals surface area contributed by atoms with Crippen LogP contribution >= 0.6 is 0 Å². The Balaban J connectivity index is 1.98. The van der Waals surface area contributed by atoms with Crippen molar-refractivity contribution in [2.45, 2.75) is 45.2 Å². The number of carbonyl (C=O) groups excluding carboxylic acids is 5. The highest BCUT2D eigenvalue weighted by Gasteiger charge is 2.30. The molecule has 2 atom stereocenters. The van der Waals surface area contributed by atoms with E-state index in [1.54, 1.807) is 21.0 Å². The summed E-state index contributed by atoms with van der Waals surface area (Å²) >= 11 is 0. The number of nitrogens with two attached hydrogens (primary N) is 1. The van der Waals surface area contributed by atoms with Gasteiger partial charge in [0.2, 0.25) is 11.8 Å². The molecule has 2 rings (SSSR count). The fourth-order valence-electron chi connectivity index (χ4n) is 3.80. The first-order valence-electron chi connectivity index (χ1n) is 14.3. The Hall–Kier alpha value is -4.39. The SMILES string of the molecule is COCCOCCOCC(=O)Nc1cc(C(=O)N[C@@H](CCCCN)C(=O)N[C@H](C(=O)Nc2cc(C(=O)OC)[nH]n2)C(C)C)[nH]n1. The zero-order chi connectivity index (χ0) is 33.2. The fraction of sp³-hybridized carbons (Fsp3) is 0.593. The number of methoxy groups -OCH3 is 2. The summed E-state index contributed by atoms with van der Waals surface area (Å²) in [6, 6.07) is 0.591. The van der Waals surface area contributed by atoms with E-state index in [0.29, 0.717) is 39.2 Å². The molecule has 0 bridgehead atoms. The minimum Gasteiger partial charge on any atom is -0.464 e. The van der Waals surface area contributed by atoms with Gasteiger partial charge in [-0.3, -0.25) is 29.4 Å². The van der Waals surface area contributed by atoms with Crippen LogP contribution in [0.1, 0.15) is 54.1 Å². The number of carbonyl (C=O) groups is 5. The van der Waals surface area contributed by atoms with Crippen LogP contribution < -0.4 is 27.0 Å². The van der Waals surface area contributed by atoms with Crippen LogP contribution in [0.15, 0.2) is 12.1 Å². The van der Waals surface area contributed by atoms with Crippen molar-refractivity contribution in [3.63, 3.8) is 0 Å². The van der Waals surface area contributed by atoms with E-state index in [0.717, 1.165) is 0 Å². The fourth-order valence-corrected chi connectivity index (χ4v) is 3.80. The lowest BCUT2D eigenvalue weighted by Gasteiger charge is -2.25. The topological polar surface area (TPSA) is 254 Å². The zero-order valence-corrected chi connectivity index (χ0v) is 25.9. The van der Waals surface area contributed by atoms with Crippen LogP contribution in [0.4, 0.5) is 11.6 Å². The third kappa shape index (κ3) is 13.0. The van der Waals surface area contributed by atoms with E-state index >= 15 is 0 Å². The van der Waals surface area contributed by atoms with Gasteiger partial charge in [0.1, 0.15) is 30.1 Å². The summed E-state index contributed by atoms with van der Waals surface area (Å²) < 4.78 is 20.0. The maximum atomic E-state index is 13.3. The number of aromatic amines is 2. The Morgan fingerprint density at radius 1 is 0.844 bits per heavy atom. The number of nitrogens with zero attached hydrogens (tertiary/aromatic N) is 2. The highest BCUT2D eigenvalue weighted by atomic mass is 16.5. The average Bonchev–Trinajstić information content (AvgIpc) is 3.68. The monoisotopic (exact) mass is 637 g/mol. The van der Waals surface area contributed by atoms with Gasteiger partial charge in [-0.15, -0.1) is 0 Å². The number of aromatic nitrogens is 4. The number of hydrogen-bond acceptors (Lipinski definition) is 12. The molecule has 4 amide bonds. The van der Waals surface area contributed by atoms with E-state index in [2.05, 4.69) is 46.4 Å². The molecule has 2 heterocycles. The van der Waals surface area contributed by atoms with E-state index < -0.39 is 41.7 Å². The summed E-state index contributed by atoms with van der Waals surface area (Å²) in [5.74, 6) is -3.18. The normalized spacial score (nSPS) is 12.3. The molecule has 0 aliphatic carbocycles. The summed E-state index contributed by atoms with van der Waals surface area (Å²) in [4.78, 5) is 63.2. The van der Waals surface area contributed by atoms with Crippen LogP contribution in [0.5, 0.6) is 0 Å². The van der Waals surface area contributed by atoms with E-state index in [1.807, 2.05) is 0 Å². The van der Waals surface area contributed by atoms with Gasteiger partial charge in [0, 0.05) is 19.2 Å². The number of anilines is 2. The molecule has 2 aromatic rings. The first kappa shape index (κ1) is 36.8. The largest absolute Gasteiger partial charge is 0.464 e. The van der Waals surface area contributed by atoms with Gasteiger partial charge >= 0.3 is 5.97 Å². The van der Waals surface area contributed by atoms with Crippen LogP contribution in [0, 0.1) is 5.92 Å². The number of ether oxygens (including phenoxy) is 4. The van der Waals surface area contributed by atoms with Gasteiger partial charge in [0.25, 0.3) is 11.8 Å². The van der Waals surface area contributed by atoms with E-state index in [9.17, 15) is 24.0 Å². The Morgan fingerprint density at radius 2 is 1.49 bits per heavy atom. The summed E-state index contributed by atoms with van der Waals surface area (Å²) in [5.41, 5.74) is 5.64. The molecule has 0 aliphatic heterocycles. The summed E-state index contributed by atoms with van der Waals surface area (Å²) in [6.07, 6.45) is 1.38. The first-order chi connectivity index (χ1) is 21.6. The molecule has 0 saturated carbocycles. The molecular weight excluding hydrogens is 594 g/mol. The minimum atomic E-state index is -1.02. The van der Waals surface area contributed by atoms with E-state index in [1.165, 1.54) is 19.2 Å². The summed E-state index contributed by atoms with van der Waals surface area (Å²) in [7, 11) is 2.77. The maximum Gasteiger partial charge on any atom is 0.356 e. The predicted octanol–water partition coefficient (Wildman–Crippen LogP) is -0.456. The molecule has 0 radical (unpaired) electrons. The average molecular weight is 638 g/mol. The van der Waals surface area contributed by atoms with Crippen LogP contribution in [-0.4, -0.2) is 116 Å². The Kier molecular flexibility index (Phi) is 16.2. The van der Waals surface area contributed by atoms with Crippen molar-refractivity contribution in [3.8, 4) is 0 Å². The van der Waals surface area contributed by atoms with Crippen molar-refractivity contribution in [3.05, 3.63) is 23.5 Å². The van der Waals surface area contributed by atoms with Gasteiger partial charge in [-0.2, -0.15) is 10.2 Å². The second-order valence-corrected chi connectivity index (χ2v) is 10.1. The van der Waals surface area contributed by atoms with E-state index in [-0.39, 0.29) is 48.6 Å². The summed E-state index contributed by atoms with van der Waals surface area (Å²) in [5, 5.41) is 23.2. The highest BCUT2D eigenvalue weighted by molar-refractivity contribution is 6.00. The number of unbranched alkanes of at least 4 members (excludes halogenated alkanes) is 1. The van der Waals surface area contributed by atoms with Gasteiger partial charge in [-0.25, -0.2) is 4.79 Å². The van der Waals surface area contributed by atoms with Crippen molar-refractivity contribution in [2.75, 3.05) is 64.4 Å². The second-order valence-electron chi connectivity index (χ2n) is 10.1. The molecule has 0 saturated heterocycles. The molecule has 2 aromatic heterocycles. The minimum absolute atomic E-state index is 0.00696. The molecule has 8 N–H and O–H groups in total. The third-order valence-corrected chi connectivity index (χ3v) is 6.18. The number of nitrogens with one attached hydrogen (secondary N) is 6. The lowest BCUT2D eigenvalue weighted by Crippen LogP contribution is -2.54. The molecule has 0 aromatic carbocycles. The number of amides is 4.